The summed E-state index contributed by atoms with van der Waals surface area (Å²) in [5.41, 5.74) is 1.37. The Labute approximate surface area is 112 Å². The molecule has 0 aliphatic heterocycles. The molecule has 0 aliphatic rings. The zero-order valence-corrected chi connectivity index (χ0v) is 11.2. The van der Waals surface area contributed by atoms with Crippen LogP contribution in [0.3, 0.4) is 0 Å². The van der Waals surface area contributed by atoms with Crippen LogP contribution in [0, 0.1) is 12.7 Å². The molecule has 0 bridgehead atoms. The minimum Gasteiger partial charge on any atom is -0.320 e. The van der Waals surface area contributed by atoms with Crippen LogP contribution in [0.2, 0.25) is 0 Å². The van der Waals surface area contributed by atoms with Gasteiger partial charge in [0.25, 0.3) is 5.91 Å². The van der Waals surface area contributed by atoms with E-state index in [-0.39, 0.29) is 10.0 Å². The van der Waals surface area contributed by atoms with Crippen LogP contribution in [-0.4, -0.2) is 10.9 Å². The van der Waals surface area contributed by atoms with Gasteiger partial charge in [-0.1, -0.05) is 6.07 Å². The zero-order chi connectivity index (χ0) is 13.1. The summed E-state index contributed by atoms with van der Waals surface area (Å²) in [5, 5.41) is 2.59. The second kappa shape index (κ2) is 5.27. The number of nitrogens with one attached hydrogen (secondary N) is 1. The van der Waals surface area contributed by atoms with E-state index >= 15 is 0 Å². The molecule has 1 aromatic carbocycles. The molecule has 0 fully saturated rings. The molecule has 0 atom stereocenters. The van der Waals surface area contributed by atoms with Crippen molar-refractivity contribution in [3.63, 3.8) is 0 Å². The molecule has 0 aliphatic carbocycles. The largest absolute Gasteiger partial charge is 0.320 e. The highest BCUT2D eigenvalue weighted by molar-refractivity contribution is 9.10. The van der Waals surface area contributed by atoms with E-state index < -0.39 is 11.7 Å². The molecule has 1 aromatic heterocycles. The smallest absolute Gasteiger partial charge is 0.258 e. The van der Waals surface area contributed by atoms with Crippen LogP contribution in [0.4, 0.5) is 10.1 Å². The Balaban J connectivity index is 2.22. The Morgan fingerprint density at radius 3 is 2.78 bits per heavy atom. The maximum atomic E-state index is 13.7. The van der Waals surface area contributed by atoms with Gasteiger partial charge in [0.05, 0.1) is 21.9 Å². The van der Waals surface area contributed by atoms with E-state index in [9.17, 15) is 9.18 Å². The summed E-state index contributed by atoms with van der Waals surface area (Å²) < 4.78 is 14.0. The van der Waals surface area contributed by atoms with E-state index in [0.29, 0.717) is 5.69 Å². The Morgan fingerprint density at radius 1 is 1.33 bits per heavy atom. The number of hydrogen-bond acceptors (Lipinski definition) is 2. The molecule has 18 heavy (non-hydrogen) atoms. The summed E-state index contributed by atoms with van der Waals surface area (Å²) >= 11 is 3.04. The van der Waals surface area contributed by atoms with Gasteiger partial charge >= 0.3 is 0 Å². The third kappa shape index (κ3) is 2.73. The fourth-order valence-corrected chi connectivity index (χ4v) is 1.79. The molecule has 0 unspecified atom stereocenters. The third-order valence-electron chi connectivity index (χ3n) is 2.37. The molecule has 1 N–H and O–H groups in total. The number of aromatic nitrogens is 1. The maximum Gasteiger partial charge on any atom is 0.258 e. The number of aryl methyl sites for hydroxylation is 1. The molecule has 3 nitrogen and oxygen atoms in total. The lowest BCUT2D eigenvalue weighted by Crippen LogP contribution is -2.14. The molecule has 0 spiro atoms. The van der Waals surface area contributed by atoms with Gasteiger partial charge in [-0.2, -0.15) is 0 Å². The second-order valence-corrected chi connectivity index (χ2v) is 4.60. The predicted octanol–water partition coefficient (Wildman–Crippen LogP) is 3.54. The topological polar surface area (TPSA) is 42.0 Å². The molecule has 1 heterocycles. The summed E-state index contributed by atoms with van der Waals surface area (Å²) in [5.74, 6) is -1.07. The zero-order valence-electron chi connectivity index (χ0n) is 9.58. The van der Waals surface area contributed by atoms with Crippen molar-refractivity contribution in [1.29, 1.82) is 0 Å². The highest BCUT2D eigenvalue weighted by atomic mass is 79.9. The Kier molecular flexibility index (Phi) is 3.72. The lowest BCUT2D eigenvalue weighted by atomic mass is 10.2. The average Bonchev–Trinajstić information content (AvgIpc) is 2.35. The van der Waals surface area contributed by atoms with Gasteiger partial charge in [-0.05, 0) is 47.1 Å². The summed E-state index contributed by atoms with van der Waals surface area (Å²) in [6.07, 6.45) is 1.53. The van der Waals surface area contributed by atoms with Crippen molar-refractivity contribution in [2.75, 3.05) is 5.32 Å². The molecule has 2 rings (SSSR count). The number of hydrogen-bond donors (Lipinski definition) is 1. The number of halogens is 2. The molecule has 2 aromatic rings. The summed E-state index contributed by atoms with van der Waals surface area (Å²) in [7, 11) is 0. The van der Waals surface area contributed by atoms with E-state index in [0.717, 1.165) is 5.69 Å². The molecular weight excluding hydrogens is 299 g/mol. The van der Waals surface area contributed by atoms with Gasteiger partial charge in [-0.25, -0.2) is 4.39 Å². The van der Waals surface area contributed by atoms with Crippen molar-refractivity contribution in [2.24, 2.45) is 0 Å². The van der Waals surface area contributed by atoms with E-state index in [1.54, 1.807) is 24.3 Å². The highest BCUT2D eigenvalue weighted by Crippen LogP contribution is 2.19. The Morgan fingerprint density at radius 2 is 2.11 bits per heavy atom. The molecule has 1 amide bonds. The van der Waals surface area contributed by atoms with Crippen molar-refractivity contribution in [3.8, 4) is 0 Å². The average molecular weight is 309 g/mol. The predicted molar refractivity (Wildman–Crippen MR) is 71.0 cm³/mol. The minimum atomic E-state index is -0.574. The van der Waals surface area contributed by atoms with Gasteiger partial charge in [0.2, 0.25) is 0 Å². The van der Waals surface area contributed by atoms with Crippen LogP contribution in [0.5, 0.6) is 0 Å². The first-order valence-electron chi connectivity index (χ1n) is 5.26. The Bertz CT molecular complexity index is 584. The van der Waals surface area contributed by atoms with Gasteiger partial charge in [-0.15, -0.1) is 0 Å². The van der Waals surface area contributed by atoms with Gasteiger partial charge in [0, 0.05) is 5.69 Å². The van der Waals surface area contributed by atoms with Crippen molar-refractivity contribution in [3.05, 3.63) is 58.1 Å². The molecule has 0 radical (unpaired) electrons. The first-order valence-corrected chi connectivity index (χ1v) is 6.05. The molecule has 0 saturated carbocycles. The lowest BCUT2D eigenvalue weighted by molar-refractivity contribution is 0.102. The number of benzene rings is 1. The lowest BCUT2D eigenvalue weighted by Gasteiger charge is -2.06. The summed E-state index contributed by atoms with van der Waals surface area (Å²) in [4.78, 5) is 15.9. The molecular formula is C13H10BrFN2O. The molecule has 5 heteroatoms. The minimum absolute atomic E-state index is 0.00931. The number of carbonyl (C=O) groups is 1. The fraction of sp³-hybridized carbons (Fsp3) is 0.0769. The van der Waals surface area contributed by atoms with Crippen LogP contribution in [0.15, 0.2) is 41.0 Å². The van der Waals surface area contributed by atoms with Crippen LogP contribution in [-0.2, 0) is 0 Å². The van der Waals surface area contributed by atoms with Crippen molar-refractivity contribution in [2.45, 2.75) is 6.92 Å². The number of pyridine rings is 1. The number of rotatable bonds is 2. The van der Waals surface area contributed by atoms with Crippen LogP contribution in [0.25, 0.3) is 0 Å². The first kappa shape index (κ1) is 12.7. The van der Waals surface area contributed by atoms with Crippen LogP contribution in [0.1, 0.15) is 16.1 Å². The standard InChI is InChI=1S/C13H10BrFN2O/c1-8-5-6-9(7-16-8)17-13(18)10-3-2-4-11(14)12(10)15/h2-7H,1H3,(H,17,18). The fourth-order valence-electron chi connectivity index (χ4n) is 1.42. The van der Waals surface area contributed by atoms with Gasteiger partial charge in [0.1, 0.15) is 5.82 Å². The monoisotopic (exact) mass is 308 g/mol. The highest BCUT2D eigenvalue weighted by Gasteiger charge is 2.13. The van der Waals surface area contributed by atoms with E-state index in [4.69, 9.17) is 0 Å². The second-order valence-electron chi connectivity index (χ2n) is 3.74. The van der Waals surface area contributed by atoms with Crippen LogP contribution < -0.4 is 5.32 Å². The summed E-state index contributed by atoms with van der Waals surface area (Å²) in [6, 6.07) is 8.06. The van der Waals surface area contributed by atoms with Crippen molar-refractivity contribution < 1.29 is 9.18 Å². The van der Waals surface area contributed by atoms with Gasteiger partial charge < -0.3 is 5.32 Å². The quantitative estimate of drug-likeness (QED) is 0.922. The molecule has 92 valence electrons. The maximum absolute atomic E-state index is 13.7. The number of carbonyl (C=O) groups excluding carboxylic acids is 1. The Hall–Kier alpha value is -1.75. The van der Waals surface area contributed by atoms with Gasteiger partial charge in [-0.3, -0.25) is 9.78 Å². The van der Waals surface area contributed by atoms with Gasteiger partial charge in [0.15, 0.2) is 0 Å². The van der Waals surface area contributed by atoms with E-state index in [1.807, 2.05) is 6.92 Å². The third-order valence-corrected chi connectivity index (χ3v) is 2.98. The van der Waals surface area contributed by atoms with E-state index in [2.05, 4.69) is 26.2 Å². The normalized spacial score (nSPS) is 10.2. The number of nitrogens with zero attached hydrogens (tertiary/aromatic N) is 1. The van der Waals surface area contributed by atoms with E-state index in [1.165, 1.54) is 12.3 Å². The van der Waals surface area contributed by atoms with Crippen molar-refractivity contribution >= 4 is 27.5 Å². The SMILES string of the molecule is Cc1ccc(NC(=O)c2cccc(Br)c2F)cn1. The van der Waals surface area contributed by atoms with Crippen molar-refractivity contribution in [1.82, 2.24) is 4.98 Å². The van der Waals surface area contributed by atoms with Crippen LogP contribution >= 0.6 is 15.9 Å². The summed E-state index contributed by atoms with van der Waals surface area (Å²) in [6.45, 7) is 1.85. The number of amides is 1. The number of anilines is 1. The first-order chi connectivity index (χ1) is 8.58. The molecule has 0 saturated heterocycles.